The lowest BCUT2D eigenvalue weighted by atomic mass is 10.1. The molecule has 0 aromatic heterocycles. The van der Waals surface area contributed by atoms with E-state index < -0.39 is 12.1 Å². The van der Waals surface area contributed by atoms with Crippen molar-refractivity contribution in [3.8, 4) is 0 Å². The average Bonchev–Trinajstić information content (AvgIpc) is 2.93. The summed E-state index contributed by atoms with van der Waals surface area (Å²) in [5.41, 5.74) is 7.01. The Labute approximate surface area is 235 Å². The molecule has 8 heteroatoms. The third-order valence-corrected chi connectivity index (χ3v) is 6.94. The number of carboxylic acids is 1. The van der Waals surface area contributed by atoms with Crippen molar-refractivity contribution in [2.24, 2.45) is 5.73 Å². The number of aliphatic carboxylic acids is 1. The summed E-state index contributed by atoms with van der Waals surface area (Å²) in [7, 11) is 0. The zero-order valence-corrected chi connectivity index (χ0v) is 22.6. The fourth-order valence-electron chi connectivity index (χ4n) is 3.58. The average molecular weight is 568 g/mol. The molecule has 0 amide bonds. The van der Waals surface area contributed by atoms with Gasteiger partial charge in [-0.25, -0.2) is 4.79 Å². The van der Waals surface area contributed by atoms with Crippen molar-refractivity contribution in [1.29, 1.82) is 0 Å². The molecule has 0 aliphatic rings. The second kappa shape index (κ2) is 14.6. The summed E-state index contributed by atoms with van der Waals surface area (Å²) < 4.78 is 31.7. The van der Waals surface area contributed by atoms with Gasteiger partial charge in [-0.15, -0.1) is 0 Å². The normalized spacial score (nSPS) is 11.6. The van der Waals surface area contributed by atoms with Crippen LogP contribution in [0.1, 0.15) is 5.56 Å². The lowest BCUT2D eigenvalue weighted by Crippen LogP contribution is -2.24. The summed E-state index contributed by atoms with van der Waals surface area (Å²) in [6.07, 6.45) is -4.16. The number of fused-ring (bicyclic) bond motifs is 2. The Hall–Kier alpha value is -3.46. The maximum Gasteiger partial charge on any atom is 0.490 e. The highest BCUT2D eigenvalue weighted by Gasteiger charge is 2.38. The number of carboxylic acid groups (broad SMARTS) is 1. The standard InChI is InChI=1S/C20H14S.C9H13NS.C2HF3O2/c1-3-7-17-13-19(11-9-15(17)5-1)21-20-12-10-16-6-2-4-8-18(16)14-20;10-9(7-11)6-8-4-2-1-3-5-8;3-2(4,5)1(6)7/h1-14H;1-5,9,11H,6-7,10H2;(H,6,7)/t;9-;/m.1./s1. The number of nitrogens with two attached hydrogens (primary N) is 1. The molecule has 0 saturated carbocycles. The molecule has 5 aromatic carbocycles. The smallest absolute Gasteiger partial charge is 0.475 e. The van der Waals surface area contributed by atoms with Crippen molar-refractivity contribution < 1.29 is 23.1 Å². The first-order valence-corrected chi connectivity index (χ1v) is 13.5. The maximum atomic E-state index is 10.6. The van der Waals surface area contributed by atoms with Crippen molar-refractivity contribution in [2.75, 3.05) is 5.75 Å². The Kier molecular flexibility index (Phi) is 11.3. The van der Waals surface area contributed by atoms with Gasteiger partial charge in [0, 0.05) is 21.6 Å². The molecule has 5 rings (SSSR count). The van der Waals surface area contributed by atoms with E-state index >= 15 is 0 Å². The number of hydrogen-bond donors (Lipinski definition) is 3. The van der Waals surface area contributed by atoms with Gasteiger partial charge in [0.1, 0.15) is 0 Å². The Morgan fingerprint density at radius 2 is 1.15 bits per heavy atom. The van der Waals surface area contributed by atoms with Crippen LogP contribution in [0.3, 0.4) is 0 Å². The first-order valence-electron chi connectivity index (χ1n) is 12.0. The van der Waals surface area contributed by atoms with Crippen LogP contribution in [-0.4, -0.2) is 29.0 Å². The van der Waals surface area contributed by atoms with E-state index in [1.807, 2.05) is 30.0 Å². The van der Waals surface area contributed by atoms with Gasteiger partial charge in [0.2, 0.25) is 0 Å². The molecule has 0 aliphatic heterocycles. The van der Waals surface area contributed by atoms with E-state index in [2.05, 4.69) is 110 Å². The molecule has 0 heterocycles. The van der Waals surface area contributed by atoms with Crippen LogP contribution >= 0.6 is 24.4 Å². The molecule has 202 valence electrons. The zero-order chi connectivity index (χ0) is 28.3. The number of thiol groups is 1. The zero-order valence-electron chi connectivity index (χ0n) is 20.9. The molecule has 0 aliphatic carbocycles. The van der Waals surface area contributed by atoms with Gasteiger partial charge in [-0.1, -0.05) is 103 Å². The van der Waals surface area contributed by atoms with E-state index in [0.29, 0.717) is 0 Å². The lowest BCUT2D eigenvalue weighted by molar-refractivity contribution is -0.192. The molecular formula is C31H28F3NO2S2. The summed E-state index contributed by atoms with van der Waals surface area (Å²) in [5.74, 6) is -2.01. The second-order valence-electron chi connectivity index (χ2n) is 8.56. The molecule has 0 fully saturated rings. The number of benzene rings is 5. The van der Waals surface area contributed by atoms with E-state index in [9.17, 15) is 13.2 Å². The molecular weight excluding hydrogens is 539 g/mol. The molecule has 0 spiro atoms. The van der Waals surface area contributed by atoms with Crippen molar-refractivity contribution in [2.45, 2.75) is 28.4 Å². The Morgan fingerprint density at radius 3 is 1.56 bits per heavy atom. The number of rotatable bonds is 5. The van der Waals surface area contributed by atoms with Crippen molar-refractivity contribution in [1.82, 2.24) is 0 Å². The molecule has 3 N–H and O–H groups in total. The highest BCUT2D eigenvalue weighted by atomic mass is 32.2. The van der Waals surface area contributed by atoms with Gasteiger partial charge in [0.05, 0.1) is 0 Å². The van der Waals surface area contributed by atoms with E-state index in [1.165, 1.54) is 36.9 Å². The summed E-state index contributed by atoms with van der Waals surface area (Å²) >= 11 is 5.94. The third-order valence-electron chi connectivity index (χ3n) is 5.50. The van der Waals surface area contributed by atoms with Gasteiger partial charge in [-0.05, 0) is 57.8 Å². The summed E-state index contributed by atoms with van der Waals surface area (Å²) in [6.45, 7) is 0. The minimum absolute atomic E-state index is 0.181. The lowest BCUT2D eigenvalue weighted by Gasteiger charge is -2.06. The van der Waals surface area contributed by atoms with Crippen LogP contribution in [0.5, 0.6) is 0 Å². The molecule has 0 saturated heterocycles. The third kappa shape index (κ3) is 9.98. The Bertz CT molecular complexity index is 1420. The van der Waals surface area contributed by atoms with E-state index in [4.69, 9.17) is 15.6 Å². The molecule has 39 heavy (non-hydrogen) atoms. The monoisotopic (exact) mass is 567 g/mol. The highest BCUT2D eigenvalue weighted by molar-refractivity contribution is 7.99. The van der Waals surface area contributed by atoms with Gasteiger partial charge in [0.25, 0.3) is 0 Å². The SMILES string of the molecule is N[C@@H](CS)Cc1ccccc1.O=C(O)C(F)(F)F.c1ccc2cc(Sc3ccc4ccccc4c3)ccc2c1. The van der Waals surface area contributed by atoms with Crippen LogP contribution < -0.4 is 5.73 Å². The fourth-order valence-corrected chi connectivity index (χ4v) is 4.62. The van der Waals surface area contributed by atoms with Crippen LogP contribution in [-0.2, 0) is 11.2 Å². The van der Waals surface area contributed by atoms with Crippen molar-refractivity contribution in [3.05, 3.63) is 121 Å². The van der Waals surface area contributed by atoms with Crippen LogP contribution in [0.25, 0.3) is 21.5 Å². The number of carbonyl (C=O) groups is 1. The minimum Gasteiger partial charge on any atom is -0.475 e. The molecule has 0 bridgehead atoms. The Balaban J connectivity index is 0.000000196. The first kappa shape index (κ1) is 30.1. The van der Waals surface area contributed by atoms with Crippen LogP contribution in [0.2, 0.25) is 0 Å². The van der Waals surface area contributed by atoms with Gasteiger partial charge in [-0.3, -0.25) is 0 Å². The fraction of sp³-hybridized carbons (Fsp3) is 0.129. The van der Waals surface area contributed by atoms with Gasteiger partial charge in [0.15, 0.2) is 0 Å². The topological polar surface area (TPSA) is 63.3 Å². The largest absolute Gasteiger partial charge is 0.490 e. The van der Waals surface area contributed by atoms with Crippen molar-refractivity contribution >= 4 is 51.9 Å². The van der Waals surface area contributed by atoms with Gasteiger partial charge in [-0.2, -0.15) is 25.8 Å². The van der Waals surface area contributed by atoms with Crippen LogP contribution in [0.4, 0.5) is 13.2 Å². The quantitative estimate of drug-likeness (QED) is 0.187. The molecule has 3 nitrogen and oxygen atoms in total. The maximum absolute atomic E-state index is 10.6. The molecule has 1 atom stereocenters. The summed E-state index contributed by atoms with van der Waals surface area (Å²) in [4.78, 5) is 11.5. The highest BCUT2D eigenvalue weighted by Crippen LogP contribution is 2.32. The predicted octanol–water partition coefficient (Wildman–Crippen LogP) is 8.26. The van der Waals surface area contributed by atoms with E-state index in [0.717, 1.165) is 12.2 Å². The Morgan fingerprint density at radius 1 is 0.744 bits per heavy atom. The number of alkyl halides is 3. The van der Waals surface area contributed by atoms with Crippen LogP contribution in [0, 0.1) is 0 Å². The molecule has 0 unspecified atom stereocenters. The van der Waals surface area contributed by atoms with E-state index in [-0.39, 0.29) is 6.04 Å². The summed E-state index contributed by atoms with van der Waals surface area (Å²) in [5, 5.41) is 12.3. The minimum atomic E-state index is -5.08. The molecule has 0 radical (unpaired) electrons. The second-order valence-corrected chi connectivity index (χ2v) is 10.1. The molecule has 5 aromatic rings. The number of halogens is 3. The van der Waals surface area contributed by atoms with E-state index in [1.54, 1.807) is 0 Å². The van der Waals surface area contributed by atoms with Crippen molar-refractivity contribution in [3.63, 3.8) is 0 Å². The summed E-state index contributed by atoms with van der Waals surface area (Å²) in [6, 6.07) is 40.7. The van der Waals surface area contributed by atoms with Gasteiger partial charge < -0.3 is 10.8 Å². The predicted molar refractivity (Wildman–Crippen MR) is 158 cm³/mol. The van der Waals surface area contributed by atoms with Crippen LogP contribution in [0.15, 0.2) is 125 Å². The first-order chi connectivity index (χ1) is 18.7. The van der Waals surface area contributed by atoms with Gasteiger partial charge >= 0.3 is 12.1 Å². The number of hydrogen-bond acceptors (Lipinski definition) is 4.